The van der Waals surface area contributed by atoms with Gasteiger partial charge in [-0.3, -0.25) is 4.79 Å². The van der Waals surface area contributed by atoms with E-state index in [4.69, 9.17) is 10.2 Å². The number of carbonyl (C=O) groups is 1. The molecule has 3 rings (SSSR count). The highest BCUT2D eigenvalue weighted by Crippen LogP contribution is 2.38. The molecule has 2 aliphatic rings. The van der Waals surface area contributed by atoms with E-state index in [1.54, 1.807) is 11.8 Å². The summed E-state index contributed by atoms with van der Waals surface area (Å²) < 4.78 is 31.0. The van der Waals surface area contributed by atoms with Crippen molar-refractivity contribution >= 4 is 28.3 Å². The predicted molar refractivity (Wildman–Crippen MR) is 87.0 cm³/mol. The van der Waals surface area contributed by atoms with Crippen LogP contribution in [-0.4, -0.2) is 45.4 Å². The number of hydrogen-bond donors (Lipinski definition) is 2. The van der Waals surface area contributed by atoms with E-state index in [9.17, 15) is 13.2 Å². The van der Waals surface area contributed by atoms with E-state index >= 15 is 0 Å². The third-order valence-corrected chi connectivity index (χ3v) is 6.13. The molecule has 1 aromatic heterocycles. The van der Waals surface area contributed by atoms with Gasteiger partial charge in [0.1, 0.15) is 5.76 Å². The first-order valence-electron chi connectivity index (χ1n) is 7.42. The molecule has 2 heterocycles. The van der Waals surface area contributed by atoms with Gasteiger partial charge in [-0.1, -0.05) is 0 Å². The maximum absolute atomic E-state index is 12.6. The Bertz CT molecular complexity index is 703. The van der Waals surface area contributed by atoms with Gasteiger partial charge < -0.3 is 15.1 Å². The first-order valence-corrected chi connectivity index (χ1v) is 8.90. The highest BCUT2D eigenvalue weighted by molar-refractivity contribution is 7.89. The molecule has 0 aromatic carbocycles. The van der Waals surface area contributed by atoms with Crippen LogP contribution in [0.15, 0.2) is 15.6 Å². The number of nitrogens with zero attached hydrogens (tertiary/aromatic N) is 1. The summed E-state index contributed by atoms with van der Waals surface area (Å²) in [4.78, 5) is 14.4. The molecule has 7 nitrogen and oxygen atoms in total. The Kier molecular flexibility index (Phi) is 5.10. The standard InChI is InChI=1S/C14H21N3O4S.ClH/c1-8-10(5-13(21-8)22(19,20)16-2)14(18)17-6-9-3-4-12(15)11(9)7-17;/h5,9,11-12,16H,3-4,6-7,15H2,1-2H3;1H. The minimum atomic E-state index is -3.69. The predicted octanol–water partition coefficient (Wildman–Crippen LogP) is 0.727. The Hall–Kier alpha value is -1.09. The van der Waals surface area contributed by atoms with Crippen molar-refractivity contribution in [1.29, 1.82) is 0 Å². The number of sulfonamides is 1. The zero-order valence-electron chi connectivity index (χ0n) is 13.1. The highest BCUT2D eigenvalue weighted by Gasteiger charge is 2.43. The number of hydrogen-bond acceptors (Lipinski definition) is 5. The van der Waals surface area contributed by atoms with Gasteiger partial charge in [-0.2, -0.15) is 0 Å². The summed E-state index contributed by atoms with van der Waals surface area (Å²) in [5.41, 5.74) is 6.39. The van der Waals surface area contributed by atoms with Gasteiger partial charge in [-0.15, -0.1) is 12.4 Å². The fraction of sp³-hybridized carbons (Fsp3) is 0.643. The van der Waals surface area contributed by atoms with Crippen molar-refractivity contribution in [2.24, 2.45) is 17.6 Å². The van der Waals surface area contributed by atoms with E-state index < -0.39 is 10.0 Å². The maximum Gasteiger partial charge on any atom is 0.273 e. The van der Waals surface area contributed by atoms with Crippen LogP contribution in [0.3, 0.4) is 0 Å². The van der Waals surface area contributed by atoms with Gasteiger partial charge in [0.15, 0.2) is 0 Å². The monoisotopic (exact) mass is 363 g/mol. The topological polar surface area (TPSA) is 106 Å². The molecule has 3 unspecified atom stereocenters. The van der Waals surface area contributed by atoms with Crippen LogP contribution in [0.25, 0.3) is 0 Å². The Balaban J connectivity index is 0.00000192. The van der Waals surface area contributed by atoms with Crippen molar-refractivity contribution in [3.8, 4) is 0 Å². The van der Waals surface area contributed by atoms with Crippen molar-refractivity contribution in [2.45, 2.75) is 30.9 Å². The minimum absolute atomic E-state index is 0. The molecule has 1 saturated carbocycles. The van der Waals surface area contributed by atoms with E-state index in [0.717, 1.165) is 12.8 Å². The lowest BCUT2D eigenvalue weighted by atomic mass is 9.98. The molecule has 23 heavy (non-hydrogen) atoms. The fourth-order valence-corrected chi connectivity index (χ4v) is 4.25. The smallest absolute Gasteiger partial charge is 0.273 e. The van der Waals surface area contributed by atoms with Crippen molar-refractivity contribution < 1.29 is 17.6 Å². The molecule has 3 N–H and O–H groups in total. The first kappa shape index (κ1) is 18.3. The summed E-state index contributed by atoms with van der Waals surface area (Å²) in [6, 6.07) is 1.46. The number of aryl methyl sites for hydroxylation is 1. The van der Waals surface area contributed by atoms with Gasteiger partial charge in [-0.25, -0.2) is 13.1 Å². The Morgan fingerprint density at radius 3 is 2.70 bits per heavy atom. The van der Waals surface area contributed by atoms with Crippen LogP contribution < -0.4 is 10.5 Å². The Morgan fingerprint density at radius 1 is 1.39 bits per heavy atom. The van der Waals surface area contributed by atoms with Crippen LogP contribution in [-0.2, 0) is 10.0 Å². The van der Waals surface area contributed by atoms with Crippen molar-refractivity contribution in [2.75, 3.05) is 20.1 Å². The van der Waals surface area contributed by atoms with Crippen LogP contribution >= 0.6 is 12.4 Å². The number of nitrogens with one attached hydrogen (secondary N) is 1. The molecular formula is C14H22ClN3O4S. The van der Waals surface area contributed by atoms with E-state index in [2.05, 4.69) is 4.72 Å². The van der Waals surface area contributed by atoms with Crippen LogP contribution in [0, 0.1) is 18.8 Å². The Labute approximate surface area is 142 Å². The second-order valence-corrected chi connectivity index (χ2v) is 7.94. The van der Waals surface area contributed by atoms with Crippen LogP contribution in [0.1, 0.15) is 29.0 Å². The van der Waals surface area contributed by atoms with Crippen LogP contribution in [0.4, 0.5) is 0 Å². The van der Waals surface area contributed by atoms with Crippen molar-refractivity contribution in [3.05, 3.63) is 17.4 Å². The van der Waals surface area contributed by atoms with Crippen LogP contribution in [0.5, 0.6) is 0 Å². The van der Waals surface area contributed by atoms with Gasteiger partial charge in [0.05, 0.1) is 5.56 Å². The van der Waals surface area contributed by atoms with Gasteiger partial charge in [0, 0.05) is 25.2 Å². The average molecular weight is 364 g/mol. The number of nitrogens with two attached hydrogens (primary N) is 1. The van der Waals surface area contributed by atoms with E-state index in [-0.39, 0.29) is 29.4 Å². The van der Waals surface area contributed by atoms with Crippen LogP contribution in [0.2, 0.25) is 0 Å². The van der Waals surface area contributed by atoms with Gasteiger partial charge in [-0.05, 0) is 38.6 Å². The largest absolute Gasteiger partial charge is 0.448 e. The normalized spacial score (nSPS) is 26.9. The molecule has 1 aromatic rings. The summed E-state index contributed by atoms with van der Waals surface area (Å²) in [6.07, 6.45) is 2.08. The van der Waals surface area contributed by atoms with Gasteiger partial charge in [0.25, 0.3) is 15.9 Å². The lowest BCUT2D eigenvalue weighted by molar-refractivity contribution is 0.0778. The molecular weight excluding hydrogens is 342 g/mol. The summed E-state index contributed by atoms with van der Waals surface area (Å²) in [6.45, 7) is 2.93. The lowest BCUT2D eigenvalue weighted by Gasteiger charge is -2.18. The number of amides is 1. The van der Waals surface area contributed by atoms with Crippen molar-refractivity contribution in [1.82, 2.24) is 9.62 Å². The molecule has 1 aliphatic heterocycles. The molecule has 130 valence electrons. The number of halogens is 1. The number of carbonyl (C=O) groups excluding carboxylic acids is 1. The number of likely N-dealkylation sites (tertiary alicyclic amines) is 1. The third-order valence-electron chi connectivity index (χ3n) is 4.86. The quantitative estimate of drug-likeness (QED) is 0.823. The lowest BCUT2D eigenvalue weighted by Crippen LogP contribution is -2.33. The number of rotatable bonds is 3. The molecule has 2 fully saturated rings. The summed E-state index contributed by atoms with van der Waals surface area (Å²) in [5, 5.41) is -0.230. The molecule has 0 radical (unpaired) electrons. The molecule has 9 heteroatoms. The van der Waals surface area contributed by atoms with E-state index in [0.29, 0.717) is 36.2 Å². The molecule has 1 amide bonds. The average Bonchev–Trinajstić information content (AvgIpc) is 3.15. The van der Waals surface area contributed by atoms with Gasteiger partial charge >= 0.3 is 0 Å². The molecule has 0 bridgehead atoms. The third kappa shape index (κ3) is 3.13. The maximum atomic E-state index is 12.6. The summed E-state index contributed by atoms with van der Waals surface area (Å²) >= 11 is 0. The zero-order chi connectivity index (χ0) is 16.1. The van der Waals surface area contributed by atoms with E-state index in [1.807, 2.05) is 0 Å². The Morgan fingerprint density at radius 2 is 2.09 bits per heavy atom. The fourth-order valence-electron chi connectivity index (χ4n) is 3.54. The second kappa shape index (κ2) is 6.43. The SMILES string of the molecule is CNS(=O)(=O)c1cc(C(=O)N2CC3CCC(N)C3C2)c(C)o1.Cl. The number of fused-ring (bicyclic) bond motifs is 1. The molecule has 0 spiro atoms. The van der Waals surface area contributed by atoms with Crippen molar-refractivity contribution in [3.63, 3.8) is 0 Å². The summed E-state index contributed by atoms with van der Waals surface area (Å²) in [5.74, 6) is 0.962. The molecule has 1 saturated heterocycles. The summed E-state index contributed by atoms with van der Waals surface area (Å²) in [7, 11) is -2.38. The zero-order valence-corrected chi connectivity index (χ0v) is 14.7. The second-order valence-electron chi connectivity index (χ2n) is 6.12. The molecule has 3 atom stereocenters. The minimum Gasteiger partial charge on any atom is -0.448 e. The first-order chi connectivity index (χ1) is 10.3. The van der Waals surface area contributed by atoms with E-state index in [1.165, 1.54) is 13.1 Å². The highest BCUT2D eigenvalue weighted by atomic mass is 35.5. The molecule has 1 aliphatic carbocycles. The van der Waals surface area contributed by atoms with Gasteiger partial charge in [0.2, 0.25) is 5.09 Å². The number of furan rings is 1.